The Balaban J connectivity index is 1.29. The Labute approximate surface area is 164 Å². The molecule has 2 aromatic rings. The van der Waals surface area contributed by atoms with Crippen LogP contribution in [0.1, 0.15) is 25.3 Å². The summed E-state index contributed by atoms with van der Waals surface area (Å²) in [5.74, 6) is 3.33. The molecular weight excluding hydrogens is 360 g/mol. The molecule has 1 fully saturated rings. The van der Waals surface area contributed by atoms with E-state index in [9.17, 15) is 0 Å². The van der Waals surface area contributed by atoms with E-state index in [4.69, 9.17) is 21.7 Å². The normalized spacial score (nSPS) is 18.3. The zero-order valence-corrected chi connectivity index (χ0v) is 16.2. The van der Waals surface area contributed by atoms with Gasteiger partial charge in [0.25, 0.3) is 0 Å². The van der Waals surface area contributed by atoms with E-state index >= 15 is 0 Å². The third kappa shape index (κ3) is 4.42. The smallest absolute Gasteiger partial charge is 0.231 e. The van der Waals surface area contributed by atoms with Crippen molar-refractivity contribution in [3.8, 4) is 11.5 Å². The lowest BCUT2D eigenvalue weighted by Crippen LogP contribution is -2.34. The summed E-state index contributed by atoms with van der Waals surface area (Å²) in [5, 5.41) is 6.96. The van der Waals surface area contributed by atoms with Crippen LogP contribution in [-0.4, -0.2) is 30.0 Å². The second-order valence-electron chi connectivity index (χ2n) is 7.09. The first kappa shape index (κ1) is 17.9. The highest BCUT2D eigenvalue weighted by atomic mass is 32.1. The summed E-state index contributed by atoms with van der Waals surface area (Å²) in [5.41, 5.74) is 1.96. The number of fused-ring (bicyclic) bond motifs is 1. The fourth-order valence-corrected chi connectivity index (χ4v) is 3.64. The zero-order chi connectivity index (χ0) is 18.6. The van der Waals surface area contributed by atoms with Crippen molar-refractivity contribution in [1.82, 2.24) is 10.3 Å². The molecule has 3 heterocycles. The second kappa shape index (κ2) is 8.00. The molecule has 1 atom stereocenters. The third-order valence-electron chi connectivity index (χ3n) is 4.88. The lowest BCUT2D eigenvalue weighted by molar-refractivity contribution is 0.174. The summed E-state index contributed by atoms with van der Waals surface area (Å²) < 4.78 is 10.7. The SMILES string of the molecule is CC1CCCN(c2ccc(NC(=S)NCc3ccc4c(c3)OCO4)cn2)C1. The molecule has 6 nitrogen and oxygen atoms in total. The molecule has 2 N–H and O–H groups in total. The first-order valence-corrected chi connectivity index (χ1v) is 9.72. The van der Waals surface area contributed by atoms with Crippen molar-refractivity contribution in [3.63, 3.8) is 0 Å². The van der Waals surface area contributed by atoms with E-state index in [1.807, 2.05) is 30.5 Å². The van der Waals surface area contributed by atoms with E-state index in [0.29, 0.717) is 11.7 Å². The zero-order valence-electron chi connectivity index (χ0n) is 15.4. The van der Waals surface area contributed by atoms with Gasteiger partial charge in [0.05, 0.1) is 11.9 Å². The van der Waals surface area contributed by atoms with Crippen molar-refractivity contribution in [1.29, 1.82) is 0 Å². The molecule has 2 aliphatic rings. The summed E-state index contributed by atoms with van der Waals surface area (Å²) in [6.07, 6.45) is 4.37. The Morgan fingerprint density at radius 1 is 1.26 bits per heavy atom. The largest absolute Gasteiger partial charge is 0.454 e. The van der Waals surface area contributed by atoms with Crippen LogP contribution in [-0.2, 0) is 6.54 Å². The number of piperidine rings is 1. The molecule has 0 aliphatic carbocycles. The Morgan fingerprint density at radius 3 is 2.96 bits per heavy atom. The summed E-state index contributed by atoms with van der Waals surface area (Å²) in [7, 11) is 0. The molecule has 0 bridgehead atoms. The van der Waals surface area contributed by atoms with Gasteiger partial charge in [0.15, 0.2) is 16.6 Å². The van der Waals surface area contributed by atoms with E-state index in [1.165, 1.54) is 12.8 Å². The average molecular weight is 385 g/mol. The minimum Gasteiger partial charge on any atom is -0.454 e. The fourth-order valence-electron chi connectivity index (χ4n) is 3.45. The third-order valence-corrected chi connectivity index (χ3v) is 5.12. The van der Waals surface area contributed by atoms with Gasteiger partial charge in [0, 0.05) is 19.6 Å². The van der Waals surface area contributed by atoms with Crippen LogP contribution in [0.3, 0.4) is 0 Å². The maximum Gasteiger partial charge on any atom is 0.231 e. The maximum atomic E-state index is 5.40. The lowest BCUT2D eigenvalue weighted by Gasteiger charge is -2.31. The first-order valence-electron chi connectivity index (χ1n) is 9.32. The number of anilines is 2. The summed E-state index contributed by atoms with van der Waals surface area (Å²) in [6.45, 7) is 5.35. The van der Waals surface area contributed by atoms with Gasteiger partial charge in [-0.05, 0) is 60.8 Å². The number of aromatic nitrogens is 1. The average Bonchev–Trinajstić information content (AvgIpc) is 3.15. The van der Waals surface area contributed by atoms with E-state index in [2.05, 4.69) is 33.5 Å². The quantitative estimate of drug-likeness (QED) is 0.782. The molecule has 27 heavy (non-hydrogen) atoms. The van der Waals surface area contributed by atoms with Gasteiger partial charge in [0.2, 0.25) is 6.79 Å². The summed E-state index contributed by atoms with van der Waals surface area (Å²) in [4.78, 5) is 6.95. The summed E-state index contributed by atoms with van der Waals surface area (Å²) in [6, 6.07) is 9.96. The molecule has 1 aromatic heterocycles. The number of nitrogens with one attached hydrogen (secondary N) is 2. The second-order valence-corrected chi connectivity index (χ2v) is 7.50. The Bertz CT molecular complexity index is 812. The van der Waals surface area contributed by atoms with Crippen molar-refractivity contribution in [2.75, 3.05) is 30.1 Å². The number of rotatable bonds is 4. The van der Waals surface area contributed by atoms with Gasteiger partial charge in [-0.3, -0.25) is 0 Å². The van der Waals surface area contributed by atoms with Crippen LogP contribution in [0.25, 0.3) is 0 Å². The number of nitrogens with zero attached hydrogens (tertiary/aromatic N) is 2. The Kier molecular flexibility index (Phi) is 5.29. The van der Waals surface area contributed by atoms with Gasteiger partial charge in [-0.15, -0.1) is 0 Å². The van der Waals surface area contributed by atoms with E-state index in [1.54, 1.807) is 0 Å². The van der Waals surface area contributed by atoms with Crippen LogP contribution >= 0.6 is 12.2 Å². The van der Waals surface area contributed by atoms with Gasteiger partial charge in [-0.25, -0.2) is 4.98 Å². The molecule has 4 rings (SSSR count). The van der Waals surface area contributed by atoms with Crippen LogP contribution in [0, 0.1) is 5.92 Å². The molecule has 7 heteroatoms. The highest BCUT2D eigenvalue weighted by Crippen LogP contribution is 2.32. The minimum absolute atomic E-state index is 0.283. The molecule has 142 valence electrons. The van der Waals surface area contributed by atoms with Crippen LogP contribution in [0.5, 0.6) is 11.5 Å². The molecule has 0 amide bonds. The van der Waals surface area contributed by atoms with Gasteiger partial charge in [0.1, 0.15) is 5.82 Å². The standard InChI is InChI=1S/C20H24N4O2S/c1-14-3-2-8-24(12-14)19-7-5-16(11-21-19)23-20(27)22-10-15-4-6-17-18(9-15)26-13-25-17/h4-7,9,11,14H,2-3,8,10,12-13H2,1H3,(H2,22,23,27). The monoisotopic (exact) mass is 384 g/mol. The predicted octanol–water partition coefficient (Wildman–Crippen LogP) is 3.53. The molecule has 1 unspecified atom stereocenters. The number of pyridine rings is 1. The fraction of sp³-hybridized carbons (Fsp3) is 0.400. The first-order chi connectivity index (χ1) is 13.2. The molecule has 1 saturated heterocycles. The number of benzene rings is 1. The van der Waals surface area contributed by atoms with Crippen molar-refractivity contribution >= 4 is 28.8 Å². The van der Waals surface area contributed by atoms with Gasteiger partial charge in [-0.1, -0.05) is 13.0 Å². The van der Waals surface area contributed by atoms with Crippen molar-refractivity contribution in [2.24, 2.45) is 5.92 Å². The van der Waals surface area contributed by atoms with Gasteiger partial charge >= 0.3 is 0 Å². The van der Waals surface area contributed by atoms with Crippen LogP contribution in [0.4, 0.5) is 11.5 Å². The van der Waals surface area contributed by atoms with Crippen molar-refractivity contribution in [2.45, 2.75) is 26.3 Å². The number of ether oxygens (including phenoxy) is 2. The van der Waals surface area contributed by atoms with Crippen LogP contribution in [0.15, 0.2) is 36.5 Å². The van der Waals surface area contributed by atoms with E-state index < -0.39 is 0 Å². The molecule has 0 spiro atoms. The number of hydrogen-bond acceptors (Lipinski definition) is 5. The van der Waals surface area contributed by atoms with E-state index in [0.717, 1.165) is 47.6 Å². The molecule has 2 aliphatic heterocycles. The Hall–Kier alpha value is -2.54. The van der Waals surface area contributed by atoms with Crippen LogP contribution in [0.2, 0.25) is 0 Å². The molecule has 0 radical (unpaired) electrons. The highest BCUT2D eigenvalue weighted by molar-refractivity contribution is 7.80. The van der Waals surface area contributed by atoms with Gasteiger partial charge < -0.3 is 25.0 Å². The van der Waals surface area contributed by atoms with E-state index in [-0.39, 0.29) is 6.79 Å². The maximum absolute atomic E-state index is 5.40. The van der Waals surface area contributed by atoms with Crippen molar-refractivity contribution in [3.05, 3.63) is 42.1 Å². The Morgan fingerprint density at radius 2 is 2.15 bits per heavy atom. The molecular formula is C20H24N4O2S. The van der Waals surface area contributed by atoms with Crippen molar-refractivity contribution < 1.29 is 9.47 Å². The van der Waals surface area contributed by atoms with Crippen LogP contribution < -0.4 is 25.0 Å². The topological polar surface area (TPSA) is 58.7 Å². The highest BCUT2D eigenvalue weighted by Gasteiger charge is 2.17. The van der Waals surface area contributed by atoms with Gasteiger partial charge in [-0.2, -0.15) is 0 Å². The minimum atomic E-state index is 0.283. The number of thiocarbonyl (C=S) groups is 1. The predicted molar refractivity (Wildman–Crippen MR) is 110 cm³/mol. The summed E-state index contributed by atoms with van der Waals surface area (Å²) >= 11 is 5.39. The number of hydrogen-bond donors (Lipinski definition) is 2. The molecule has 1 aromatic carbocycles. The molecule has 0 saturated carbocycles. The lowest BCUT2D eigenvalue weighted by atomic mass is 10.0.